The number of anilines is 1. The lowest BCUT2D eigenvalue weighted by Gasteiger charge is -2.08. The van der Waals surface area contributed by atoms with Crippen LogP contribution in [0.4, 0.5) is 5.69 Å². The third-order valence-electron chi connectivity index (χ3n) is 2.55. The standard InChI is InChI=1S/C13H9ClN4O2/c14-9-7-16-18(8-9)12-10(3-1-5-15-12)17-13(19)11-4-2-6-20-11/h1-8H,(H,17,19). The molecule has 0 aliphatic carbocycles. The van der Waals surface area contributed by atoms with E-state index in [4.69, 9.17) is 16.0 Å². The number of aromatic nitrogens is 3. The number of rotatable bonds is 3. The van der Waals surface area contributed by atoms with Crippen LogP contribution in [0.25, 0.3) is 5.82 Å². The minimum atomic E-state index is -0.359. The molecule has 3 aromatic heterocycles. The highest BCUT2D eigenvalue weighted by Gasteiger charge is 2.13. The third-order valence-corrected chi connectivity index (χ3v) is 2.74. The molecule has 0 radical (unpaired) electrons. The van der Waals surface area contributed by atoms with Crippen LogP contribution in [0.2, 0.25) is 5.02 Å². The van der Waals surface area contributed by atoms with Crippen molar-refractivity contribution in [1.29, 1.82) is 0 Å². The summed E-state index contributed by atoms with van der Waals surface area (Å²) in [7, 11) is 0. The van der Waals surface area contributed by atoms with Gasteiger partial charge >= 0.3 is 0 Å². The summed E-state index contributed by atoms with van der Waals surface area (Å²) in [6.07, 6.45) is 6.14. The van der Waals surface area contributed by atoms with Crippen LogP contribution in [0.1, 0.15) is 10.6 Å². The van der Waals surface area contributed by atoms with Crippen molar-refractivity contribution in [3.05, 3.63) is 59.9 Å². The lowest BCUT2D eigenvalue weighted by atomic mass is 10.3. The van der Waals surface area contributed by atoms with Crippen molar-refractivity contribution in [2.75, 3.05) is 5.32 Å². The van der Waals surface area contributed by atoms with E-state index in [1.54, 1.807) is 36.7 Å². The molecule has 1 N–H and O–H groups in total. The zero-order valence-corrected chi connectivity index (χ0v) is 10.9. The van der Waals surface area contributed by atoms with E-state index in [0.717, 1.165) is 0 Å². The molecule has 0 atom stereocenters. The first-order chi connectivity index (χ1) is 9.74. The molecule has 0 aliphatic heterocycles. The van der Waals surface area contributed by atoms with Gasteiger partial charge in [-0.3, -0.25) is 4.79 Å². The molecule has 0 bridgehead atoms. The van der Waals surface area contributed by atoms with E-state index in [1.807, 2.05) is 0 Å². The molecule has 20 heavy (non-hydrogen) atoms. The maximum Gasteiger partial charge on any atom is 0.291 e. The molecular weight excluding hydrogens is 280 g/mol. The van der Waals surface area contributed by atoms with Crippen LogP contribution in [0.3, 0.4) is 0 Å². The molecule has 0 aliphatic rings. The van der Waals surface area contributed by atoms with E-state index in [-0.39, 0.29) is 11.7 Å². The summed E-state index contributed by atoms with van der Waals surface area (Å²) in [6.45, 7) is 0. The second-order valence-electron chi connectivity index (χ2n) is 3.91. The van der Waals surface area contributed by atoms with Crippen LogP contribution in [0, 0.1) is 0 Å². The van der Waals surface area contributed by atoms with Crippen molar-refractivity contribution in [3.8, 4) is 5.82 Å². The highest BCUT2D eigenvalue weighted by atomic mass is 35.5. The highest BCUT2D eigenvalue weighted by Crippen LogP contribution is 2.19. The van der Waals surface area contributed by atoms with Gasteiger partial charge in [0, 0.05) is 6.20 Å². The Bertz CT molecular complexity index is 736. The zero-order valence-electron chi connectivity index (χ0n) is 10.2. The van der Waals surface area contributed by atoms with Gasteiger partial charge in [-0.2, -0.15) is 5.10 Å². The second kappa shape index (κ2) is 5.18. The molecule has 100 valence electrons. The number of carbonyl (C=O) groups excluding carboxylic acids is 1. The molecule has 0 aromatic carbocycles. The molecule has 6 nitrogen and oxygen atoms in total. The lowest BCUT2D eigenvalue weighted by molar-refractivity contribution is 0.0996. The van der Waals surface area contributed by atoms with Crippen LogP contribution < -0.4 is 5.32 Å². The quantitative estimate of drug-likeness (QED) is 0.804. The molecular formula is C13H9ClN4O2. The Morgan fingerprint density at radius 3 is 2.95 bits per heavy atom. The summed E-state index contributed by atoms with van der Waals surface area (Å²) in [4.78, 5) is 16.2. The molecule has 0 saturated carbocycles. The molecule has 3 aromatic rings. The number of nitrogens with one attached hydrogen (secondary N) is 1. The first-order valence-electron chi connectivity index (χ1n) is 5.74. The Hall–Kier alpha value is -2.60. The van der Waals surface area contributed by atoms with E-state index >= 15 is 0 Å². The summed E-state index contributed by atoms with van der Waals surface area (Å²) in [6, 6.07) is 6.66. The van der Waals surface area contributed by atoms with Gasteiger partial charge in [-0.1, -0.05) is 11.6 Å². The average molecular weight is 289 g/mol. The molecule has 0 saturated heterocycles. The van der Waals surface area contributed by atoms with Crippen molar-refractivity contribution in [2.24, 2.45) is 0 Å². The van der Waals surface area contributed by atoms with E-state index < -0.39 is 0 Å². The van der Waals surface area contributed by atoms with Gasteiger partial charge in [-0.05, 0) is 24.3 Å². The molecule has 1 amide bonds. The molecule has 0 fully saturated rings. The normalized spacial score (nSPS) is 10.4. The summed E-state index contributed by atoms with van der Waals surface area (Å²) in [5, 5.41) is 7.27. The first-order valence-corrected chi connectivity index (χ1v) is 6.12. The highest BCUT2D eigenvalue weighted by molar-refractivity contribution is 6.30. The summed E-state index contributed by atoms with van der Waals surface area (Å²) >= 11 is 5.84. The van der Waals surface area contributed by atoms with Gasteiger partial charge in [0.05, 0.1) is 29.4 Å². The average Bonchev–Trinajstić information content (AvgIpc) is 3.10. The molecule has 7 heteroatoms. The molecule has 3 heterocycles. The monoisotopic (exact) mass is 288 g/mol. The minimum Gasteiger partial charge on any atom is -0.459 e. The fraction of sp³-hybridized carbons (Fsp3) is 0. The van der Waals surface area contributed by atoms with Crippen molar-refractivity contribution in [1.82, 2.24) is 14.8 Å². The second-order valence-corrected chi connectivity index (χ2v) is 4.35. The number of nitrogens with zero attached hydrogens (tertiary/aromatic N) is 3. The smallest absolute Gasteiger partial charge is 0.291 e. The predicted octanol–water partition coefficient (Wildman–Crippen LogP) is 2.77. The van der Waals surface area contributed by atoms with Crippen LogP contribution in [0.15, 0.2) is 53.5 Å². The van der Waals surface area contributed by atoms with Gasteiger partial charge in [-0.25, -0.2) is 9.67 Å². The van der Waals surface area contributed by atoms with Crippen molar-refractivity contribution >= 4 is 23.2 Å². The Labute approximate surface area is 119 Å². The van der Waals surface area contributed by atoms with Crippen molar-refractivity contribution in [2.45, 2.75) is 0 Å². The van der Waals surface area contributed by atoms with E-state index in [1.165, 1.54) is 17.1 Å². The maximum absolute atomic E-state index is 12.0. The van der Waals surface area contributed by atoms with Crippen molar-refractivity contribution < 1.29 is 9.21 Å². The Kier molecular flexibility index (Phi) is 3.22. The minimum absolute atomic E-state index is 0.221. The van der Waals surface area contributed by atoms with E-state index in [9.17, 15) is 4.79 Å². The fourth-order valence-corrected chi connectivity index (χ4v) is 1.82. The number of hydrogen-bond acceptors (Lipinski definition) is 4. The fourth-order valence-electron chi connectivity index (χ4n) is 1.69. The summed E-state index contributed by atoms with van der Waals surface area (Å²) in [5.41, 5.74) is 0.508. The number of amides is 1. The number of halogens is 1. The van der Waals surface area contributed by atoms with Gasteiger partial charge in [0.1, 0.15) is 0 Å². The zero-order chi connectivity index (χ0) is 13.9. The number of pyridine rings is 1. The van der Waals surface area contributed by atoms with Gasteiger partial charge in [0.25, 0.3) is 5.91 Å². The number of hydrogen-bond donors (Lipinski definition) is 1. The lowest BCUT2D eigenvalue weighted by Crippen LogP contribution is -2.14. The van der Waals surface area contributed by atoms with Crippen LogP contribution in [0.5, 0.6) is 0 Å². The predicted molar refractivity (Wildman–Crippen MR) is 73.0 cm³/mol. The van der Waals surface area contributed by atoms with Crippen molar-refractivity contribution in [3.63, 3.8) is 0 Å². The Balaban J connectivity index is 1.92. The Morgan fingerprint density at radius 2 is 2.25 bits per heavy atom. The topological polar surface area (TPSA) is 73.0 Å². The van der Waals surface area contributed by atoms with Crippen LogP contribution >= 0.6 is 11.6 Å². The Morgan fingerprint density at radius 1 is 1.35 bits per heavy atom. The maximum atomic E-state index is 12.0. The molecule has 0 spiro atoms. The third kappa shape index (κ3) is 2.41. The van der Waals surface area contributed by atoms with Gasteiger partial charge in [0.2, 0.25) is 0 Å². The summed E-state index contributed by atoms with van der Waals surface area (Å²) in [5.74, 6) is 0.333. The van der Waals surface area contributed by atoms with E-state index in [2.05, 4.69) is 15.4 Å². The van der Waals surface area contributed by atoms with Gasteiger partial charge in [-0.15, -0.1) is 0 Å². The first kappa shape index (κ1) is 12.4. The number of furan rings is 1. The van der Waals surface area contributed by atoms with Crippen LogP contribution in [-0.2, 0) is 0 Å². The molecule has 0 unspecified atom stereocenters. The SMILES string of the molecule is O=C(Nc1cccnc1-n1cc(Cl)cn1)c1ccco1. The van der Waals surface area contributed by atoms with Gasteiger partial charge in [0.15, 0.2) is 11.6 Å². The summed E-state index contributed by atoms with van der Waals surface area (Å²) < 4.78 is 6.53. The number of carbonyl (C=O) groups is 1. The van der Waals surface area contributed by atoms with Gasteiger partial charge < -0.3 is 9.73 Å². The van der Waals surface area contributed by atoms with Crippen LogP contribution in [-0.4, -0.2) is 20.7 Å². The van der Waals surface area contributed by atoms with E-state index in [0.29, 0.717) is 16.5 Å². The largest absolute Gasteiger partial charge is 0.459 e. The molecule has 3 rings (SSSR count).